The van der Waals surface area contributed by atoms with Crippen LogP contribution in [0.25, 0.3) is 12.2 Å². The number of hydrogen-bond acceptors (Lipinski definition) is 1. The van der Waals surface area contributed by atoms with Crippen LogP contribution in [0, 0.1) is 0 Å². The predicted octanol–water partition coefficient (Wildman–Crippen LogP) is 8.16. The molecule has 0 aliphatic heterocycles. The lowest BCUT2D eigenvalue weighted by molar-refractivity contribution is 0.231. The molecule has 28 heavy (non-hydrogen) atoms. The molecule has 0 radical (unpaired) electrons. The highest BCUT2D eigenvalue weighted by Gasteiger charge is 2.22. The molecule has 0 fully saturated rings. The first kappa shape index (κ1) is 22.0. The highest BCUT2D eigenvalue weighted by Crippen LogP contribution is 2.25. The molecule has 0 aliphatic carbocycles. The van der Waals surface area contributed by atoms with Gasteiger partial charge in [-0.25, -0.2) is 0 Å². The van der Waals surface area contributed by atoms with E-state index in [1.807, 2.05) is 0 Å². The van der Waals surface area contributed by atoms with Gasteiger partial charge in [0.15, 0.2) is 0 Å². The van der Waals surface area contributed by atoms with Gasteiger partial charge in [-0.1, -0.05) is 106 Å². The standard InChI is InChI=1S/C27H37N/c1-4-5-6-7-8-15-22-27(2,3)28(23-20-25-16-11-9-12-17-25)24-21-26-18-13-10-14-19-26/h9-14,16-21,23-24H,4-8,15,22H2,1-3H3/b23-20+,24-21+. The zero-order chi connectivity index (χ0) is 20.1. The van der Waals surface area contributed by atoms with E-state index in [0.29, 0.717) is 0 Å². The van der Waals surface area contributed by atoms with Gasteiger partial charge in [0, 0.05) is 17.9 Å². The van der Waals surface area contributed by atoms with Crippen molar-refractivity contribution in [3.8, 4) is 0 Å². The van der Waals surface area contributed by atoms with Gasteiger partial charge in [0.2, 0.25) is 0 Å². The van der Waals surface area contributed by atoms with Crippen LogP contribution in [0.1, 0.15) is 76.8 Å². The van der Waals surface area contributed by atoms with Crippen LogP contribution in [-0.4, -0.2) is 10.4 Å². The molecule has 0 saturated carbocycles. The van der Waals surface area contributed by atoms with Crippen LogP contribution in [0.4, 0.5) is 0 Å². The molecule has 0 aromatic heterocycles. The number of nitrogens with zero attached hydrogens (tertiary/aromatic N) is 1. The monoisotopic (exact) mass is 375 g/mol. The van der Waals surface area contributed by atoms with Crippen molar-refractivity contribution in [1.82, 2.24) is 4.90 Å². The Balaban J connectivity index is 2.05. The molecule has 2 aromatic carbocycles. The molecule has 2 aromatic rings. The zero-order valence-corrected chi connectivity index (χ0v) is 18.0. The normalized spacial score (nSPS) is 12.1. The fraction of sp³-hybridized carbons (Fsp3) is 0.407. The Bertz CT molecular complexity index is 648. The van der Waals surface area contributed by atoms with E-state index in [1.165, 1.54) is 56.1 Å². The second-order valence-electron chi connectivity index (χ2n) is 8.19. The maximum atomic E-state index is 2.37. The van der Waals surface area contributed by atoms with Gasteiger partial charge in [-0.3, -0.25) is 0 Å². The summed E-state index contributed by atoms with van der Waals surface area (Å²) in [6.45, 7) is 6.98. The lowest BCUT2D eigenvalue weighted by Crippen LogP contribution is -2.36. The van der Waals surface area contributed by atoms with Crippen LogP contribution in [0.3, 0.4) is 0 Å². The molecule has 0 heterocycles. The first-order valence-corrected chi connectivity index (χ1v) is 10.9. The molecule has 1 heteroatoms. The second-order valence-corrected chi connectivity index (χ2v) is 8.19. The quantitative estimate of drug-likeness (QED) is 0.338. The Morgan fingerprint density at radius 3 is 1.64 bits per heavy atom. The third-order valence-electron chi connectivity index (χ3n) is 5.30. The number of benzene rings is 2. The van der Waals surface area contributed by atoms with Crippen molar-refractivity contribution in [1.29, 1.82) is 0 Å². The van der Waals surface area contributed by atoms with Crippen LogP contribution in [0.2, 0.25) is 0 Å². The Morgan fingerprint density at radius 2 is 1.14 bits per heavy atom. The molecule has 2 rings (SSSR count). The SMILES string of the molecule is CCCCCCCCC(C)(C)N(/C=C/c1ccccc1)/C=C/c1ccccc1. The maximum Gasteiger partial charge on any atom is 0.0383 e. The highest BCUT2D eigenvalue weighted by molar-refractivity contribution is 5.51. The van der Waals surface area contributed by atoms with E-state index >= 15 is 0 Å². The lowest BCUT2D eigenvalue weighted by Gasteiger charge is -2.36. The van der Waals surface area contributed by atoms with Gasteiger partial charge in [-0.05, 0) is 43.5 Å². The minimum atomic E-state index is 0.0846. The van der Waals surface area contributed by atoms with E-state index in [0.717, 1.165) is 0 Å². The van der Waals surface area contributed by atoms with Crippen LogP contribution < -0.4 is 0 Å². The van der Waals surface area contributed by atoms with Crippen molar-refractivity contribution in [2.45, 2.75) is 71.3 Å². The number of unbranched alkanes of at least 4 members (excludes halogenated alkanes) is 5. The summed E-state index contributed by atoms with van der Waals surface area (Å²) in [6.07, 6.45) is 18.1. The van der Waals surface area contributed by atoms with Gasteiger partial charge < -0.3 is 4.90 Å². The van der Waals surface area contributed by atoms with E-state index in [2.05, 4.69) is 111 Å². The molecule has 150 valence electrons. The first-order valence-electron chi connectivity index (χ1n) is 10.9. The molecule has 0 saturated heterocycles. The molecule has 0 amide bonds. The van der Waals surface area contributed by atoms with E-state index < -0.39 is 0 Å². The average molecular weight is 376 g/mol. The summed E-state index contributed by atoms with van der Waals surface area (Å²) in [5, 5.41) is 0. The Labute approximate surface area is 172 Å². The van der Waals surface area contributed by atoms with Crippen molar-refractivity contribution in [3.63, 3.8) is 0 Å². The highest BCUT2D eigenvalue weighted by atomic mass is 15.2. The molecule has 0 N–H and O–H groups in total. The van der Waals surface area contributed by atoms with Crippen LogP contribution >= 0.6 is 0 Å². The van der Waals surface area contributed by atoms with E-state index in [-0.39, 0.29) is 5.54 Å². The molecule has 0 spiro atoms. The Kier molecular flexibility index (Phi) is 9.62. The summed E-state index contributed by atoms with van der Waals surface area (Å²) >= 11 is 0. The van der Waals surface area contributed by atoms with Crippen molar-refractivity contribution in [2.24, 2.45) is 0 Å². The summed E-state index contributed by atoms with van der Waals surface area (Å²) in [6, 6.07) is 21.1. The molecular weight excluding hydrogens is 338 g/mol. The smallest absolute Gasteiger partial charge is 0.0383 e. The number of hydrogen-bond donors (Lipinski definition) is 0. The molecule has 0 bridgehead atoms. The topological polar surface area (TPSA) is 3.24 Å². The van der Waals surface area contributed by atoms with Crippen molar-refractivity contribution < 1.29 is 0 Å². The van der Waals surface area contributed by atoms with Crippen molar-refractivity contribution >= 4 is 12.2 Å². The average Bonchev–Trinajstić information content (AvgIpc) is 2.72. The summed E-state index contributed by atoms with van der Waals surface area (Å²) < 4.78 is 0. The van der Waals surface area contributed by atoms with E-state index in [1.54, 1.807) is 0 Å². The fourth-order valence-electron chi connectivity index (χ4n) is 3.38. The van der Waals surface area contributed by atoms with Gasteiger partial charge in [-0.15, -0.1) is 0 Å². The van der Waals surface area contributed by atoms with Gasteiger partial charge >= 0.3 is 0 Å². The second kappa shape index (κ2) is 12.2. The molecule has 0 atom stereocenters. The summed E-state index contributed by atoms with van der Waals surface area (Å²) in [4.78, 5) is 2.37. The third kappa shape index (κ3) is 8.17. The molecule has 0 unspecified atom stereocenters. The van der Waals surface area contributed by atoms with E-state index in [4.69, 9.17) is 0 Å². The molecule has 1 nitrogen and oxygen atoms in total. The first-order chi connectivity index (χ1) is 13.6. The third-order valence-corrected chi connectivity index (χ3v) is 5.30. The van der Waals surface area contributed by atoms with Crippen LogP contribution in [0.15, 0.2) is 73.1 Å². The minimum absolute atomic E-state index is 0.0846. The van der Waals surface area contributed by atoms with Crippen molar-refractivity contribution in [3.05, 3.63) is 84.2 Å². The van der Waals surface area contributed by atoms with Gasteiger partial charge in [-0.2, -0.15) is 0 Å². The lowest BCUT2D eigenvalue weighted by atomic mass is 9.94. The Morgan fingerprint density at radius 1 is 0.679 bits per heavy atom. The summed E-state index contributed by atoms with van der Waals surface area (Å²) in [5.74, 6) is 0. The largest absolute Gasteiger partial charge is 0.349 e. The number of rotatable bonds is 12. The predicted molar refractivity (Wildman–Crippen MR) is 125 cm³/mol. The van der Waals surface area contributed by atoms with Crippen molar-refractivity contribution in [2.75, 3.05) is 0 Å². The Hall–Kier alpha value is -2.28. The molecule has 0 aliphatic rings. The summed E-state index contributed by atoms with van der Waals surface area (Å²) in [5.41, 5.74) is 2.55. The van der Waals surface area contributed by atoms with Crippen LogP contribution in [0.5, 0.6) is 0 Å². The maximum absolute atomic E-state index is 2.37. The molecular formula is C27H37N. The van der Waals surface area contributed by atoms with Gasteiger partial charge in [0.05, 0.1) is 0 Å². The van der Waals surface area contributed by atoms with Gasteiger partial charge in [0.25, 0.3) is 0 Å². The fourth-order valence-corrected chi connectivity index (χ4v) is 3.38. The zero-order valence-electron chi connectivity index (χ0n) is 18.0. The summed E-state index contributed by atoms with van der Waals surface area (Å²) in [7, 11) is 0. The minimum Gasteiger partial charge on any atom is -0.349 e. The van der Waals surface area contributed by atoms with Gasteiger partial charge in [0.1, 0.15) is 0 Å². The van der Waals surface area contributed by atoms with Crippen LogP contribution in [-0.2, 0) is 0 Å². The van der Waals surface area contributed by atoms with E-state index in [9.17, 15) is 0 Å².